The number of hydrogen-bond acceptors (Lipinski definition) is 8. The number of nitrogens with zero attached hydrogens (tertiary/aromatic N) is 1. The van der Waals surface area contributed by atoms with Gasteiger partial charge in [0.05, 0.1) is 6.61 Å². The summed E-state index contributed by atoms with van der Waals surface area (Å²) < 4.78 is 5.99. The number of amides is 3. The first-order valence-electron chi connectivity index (χ1n) is 13.0. The van der Waals surface area contributed by atoms with Crippen molar-refractivity contribution in [2.75, 3.05) is 18.5 Å². The topological polar surface area (TPSA) is 190 Å². The SMILES string of the molecule is CCC(=O)C(=O)O.CCOC(=O)/C=C/CC[C@H](NC(C)=O)C(=O)Nc1cccn(CC(=O)NCC(C)CC)c1=O. The van der Waals surface area contributed by atoms with Crippen molar-refractivity contribution in [2.24, 2.45) is 5.92 Å². The average molecular weight is 565 g/mol. The number of aromatic nitrogens is 1. The van der Waals surface area contributed by atoms with Crippen LogP contribution in [-0.4, -0.2) is 64.3 Å². The molecule has 1 unspecified atom stereocenters. The summed E-state index contributed by atoms with van der Waals surface area (Å²) in [5, 5.41) is 15.7. The van der Waals surface area contributed by atoms with E-state index in [-0.39, 0.29) is 37.6 Å². The lowest BCUT2D eigenvalue weighted by molar-refractivity contribution is -0.148. The van der Waals surface area contributed by atoms with Crippen LogP contribution in [0.2, 0.25) is 0 Å². The predicted octanol–water partition coefficient (Wildman–Crippen LogP) is 1.40. The Bertz CT molecular complexity index is 1110. The largest absolute Gasteiger partial charge is 0.476 e. The number of nitrogens with one attached hydrogen (secondary N) is 3. The summed E-state index contributed by atoms with van der Waals surface area (Å²) >= 11 is 0. The van der Waals surface area contributed by atoms with Crippen molar-refractivity contribution in [3.05, 3.63) is 40.8 Å². The minimum absolute atomic E-state index is 0.00496. The summed E-state index contributed by atoms with van der Waals surface area (Å²) in [6.07, 6.45) is 5.81. The van der Waals surface area contributed by atoms with Crippen molar-refractivity contribution in [1.82, 2.24) is 15.2 Å². The van der Waals surface area contributed by atoms with E-state index in [1.807, 2.05) is 13.8 Å². The molecule has 1 rings (SSSR count). The third kappa shape index (κ3) is 15.2. The molecule has 222 valence electrons. The number of carbonyl (C=O) groups excluding carboxylic acids is 5. The van der Waals surface area contributed by atoms with Gasteiger partial charge in [-0.3, -0.25) is 24.0 Å². The zero-order chi connectivity index (χ0) is 30.7. The third-order valence-electron chi connectivity index (χ3n) is 5.35. The number of ether oxygens (including phenoxy) is 1. The lowest BCUT2D eigenvalue weighted by Crippen LogP contribution is -2.44. The number of aliphatic carboxylic acids is 1. The maximum Gasteiger partial charge on any atom is 0.372 e. The van der Waals surface area contributed by atoms with E-state index in [0.717, 1.165) is 6.42 Å². The minimum atomic E-state index is -1.34. The van der Waals surface area contributed by atoms with E-state index in [4.69, 9.17) is 9.84 Å². The number of carbonyl (C=O) groups is 6. The van der Waals surface area contributed by atoms with Gasteiger partial charge >= 0.3 is 11.9 Å². The van der Waals surface area contributed by atoms with Gasteiger partial charge in [0.2, 0.25) is 23.5 Å². The van der Waals surface area contributed by atoms with Crippen molar-refractivity contribution >= 4 is 41.1 Å². The lowest BCUT2D eigenvalue weighted by atomic mass is 10.1. The molecule has 0 radical (unpaired) electrons. The number of esters is 1. The molecule has 0 aliphatic rings. The minimum Gasteiger partial charge on any atom is -0.476 e. The highest BCUT2D eigenvalue weighted by Gasteiger charge is 2.20. The highest BCUT2D eigenvalue weighted by molar-refractivity contribution is 6.32. The molecule has 3 amide bonds. The Balaban J connectivity index is 0.00000191. The van der Waals surface area contributed by atoms with Crippen molar-refractivity contribution < 1.29 is 38.6 Å². The van der Waals surface area contributed by atoms with Gasteiger partial charge in [-0.15, -0.1) is 0 Å². The van der Waals surface area contributed by atoms with Crippen molar-refractivity contribution in [2.45, 2.75) is 72.9 Å². The summed E-state index contributed by atoms with van der Waals surface area (Å²) in [6.45, 7) is 9.13. The Morgan fingerprint density at radius 3 is 2.33 bits per heavy atom. The molecule has 0 aliphatic heterocycles. The van der Waals surface area contributed by atoms with Crippen LogP contribution in [0.1, 0.15) is 60.3 Å². The van der Waals surface area contributed by atoms with E-state index in [1.165, 1.54) is 36.8 Å². The highest BCUT2D eigenvalue weighted by Crippen LogP contribution is 2.05. The van der Waals surface area contributed by atoms with Gasteiger partial charge < -0.3 is 30.4 Å². The molecule has 13 heteroatoms. The molecule has 1 aromatic rings. The summed E-state index contributed by atoms with van der Waals surface area (Å²) in [4.78, 5) is 79.9. The molecule has 40 heavy (non-hydrogen) atoms. The van der Waals surface area contributed by atoms with Gasteiger partial charge in [-0.2, -0.15) is 0 Å². The molecule has 0 aliphatic carbocycles. The predicted molar refractivity (Wildman–Crippen MR) is 147 cm³/mol. The molecule has 1 aromatic heterocycles. The molecule has 0 fully saturated rings. The second-order valence-corrected chi connectivity index (χ2v) is 8.73. The third-order valence-corrected chi connectivity index (χ3v) is 5.35. The fourth-order valence-corrected chi connectivity index (χ4v) is 2.92. The molecular formula is C27H40N4O9. The van der Waals surface area contributed by atoms with Gasteiger partial charge in [-0.05, 0) is 37.8 Å². The maximum absolute atomic E-state index is 12.7. The molecule has 2 atom stereocenters. The second kappa shape index (κ2) is 19.7. The fraction of sp³-hybridized carbons (Fsp3) is 0.519. The Labute approximate surface area is 233 Å². The van der Waals surface area contributed by atoms with Crippen LogP contribution in [0.15, 0.2) is 35.3 Å². The normalized spacial score (nSPS) is 11.8. The number of pyridine rings is 1. The molecule has 1 heterocycles. The van der Waals surface area contributed by atoms with Crippen molar-refractivity contribution in [3.8, 4) is 0 Å². The summed E-state index contributed by atoms with van der Waals surface area (Å²) in [7, 11) is 0. The second-order valence-electron chi connectivity index (χ2n) is 8.73. The molecule has 13 nitrogen and oxygen atoms in total. The number of ketones is 1. The highest BCUT2D eigenvalue weighted by atomic mass is 16.5. The standard InChI is InChI=1S/C23H34N4O6.C4H6O3/c1-5-16(3)14-24-20(29)15-27-13-9-11-19(23(27)32)26-22(31)18(25-17(4)28)10-7-8-12-21(30)33-6-2;1-2-3(5)4(6)7/h8-9,11-13,16,18H,5-7,10,14-15H2,1-4H3,(H,24,29)(H,25,28)(H,26,31);2H2,1H3,(H,6,7)/b12-8+;/t16?,18-;/m0./s1. The first kappa shape index (κ1) is 35.7. The first-order valence-corrected chi connectivity index (χ1v) is 13.0. The molecule has 0 aromatic carbocycles. The molecule has 0 spiro atoms. The van der Waals surface area contributed by atoms with Gasteiger partial charge in [-0.25, -0.2) is 9.59 Å². The summed E-state index contributed by atoms with van der Waals surface area (Å²) in [5.41, 5.74) is -0.539. The van der Waals surface area contributed by atoms with Crippen LogP contribution in [0.3, 0.4) is 0 Å². The molecule has 4 N–H and O–H groups in total. The maximum atomic E-state index is 12.7. The van der Waals surface area contributed by atoms with E-state index in [0.29, 0.717) is 18.9 Å². The zero-order valence-electron chi connectivity index (χ0n) is 23.7. The van der Waals surface area contributed by atoms with E-state index in [1.54, 1.807) is 19.1 Å². The van der Waals surface area contributed by atoms with Crippen molar-refractivity contribution in [1.29, 1.82) is 0 Å². The van der Waals surface area contributed by atoms with E-state index < -0.39 is 41.1 Å². The van der Waals surface area contributed by atoms with Crippen LogP contribution in [0, 0.1) is 5.92 Å². The van der Waals surface area contributed by atoms with Crippen LogP contribution in [0.5, 0.6) is 0 Å². The Kier molecular flexibility index (Phi) is 17.6. The molecule has 0 bridgehead atoms. The van der Waals surface area contributed by atoms with E-state index in [9.17, 15) is 33.6 Å². The number of allylic oxidation sites excluding steroid dienone is 1. The van der Waals surface area contributed by atoms with Gasteiger partial charge in [-0.1, -0.05) is 33.3 Å². The van der Waals surface area contributed by atoms with Crippen LogP contribution >= 0.6 is 0 Å². The Hall–Kier alpha value is -4.29. The summed E-state index contributed by atoms with van der Waals surface area (Å²) in [5.74, 6) is -3.53. The first-order chi connectivity index (χ1) is 18.9. The Morgan fingerprint density at radius 2 is 1.80 bits per heavy atom. The van der Waals surface area contributed by atoms with Gasteiger partial charge in [0.1, 0.15) is 18.3 Å². The summed E-state index contributed by atoms with van der Waals surface area (Å²) in [6, 6.07) is 2.06. The van der Waals surface area contributed by atoms with Crippen LogP contribution in [-0.2, 0) is 40.0 Å². The zero-order valence-corrected chi connectivity index (χ0v) is 23.7. The van der Waals surface area contributed by atoms with Gasteiger partial charge in [0, 0.05) is 32.2 Å². The van der Waals surface area contributed by atoms with E-state index in [2.05, 4.69) is 16.0 Å². The molecular weight excluding hydrogens is 524 g/mol. The monoisotopic (exact) mass is 564 g/mol. The number of hydrogen-bond donors (Lipinski definition) is 4. The van der Waals surface area contributed by atoms with Crippen LogP contribution in [0.4, 0.5) is 5.69 Å². The number of Topliss-reactive ketones (excluding diaryl/α,β-unsaturated/α-hetero) is 1. The Morgan fingerprint density at radius 1 is 1.12 bits per heavy atom. The molecule has 0 saturated heterocycles. The average Bonchev–Trinajstić information content (AvgIpc) is 2.90. The fourth-order valence-electron chi connectivity index (χ4n) is 2.92. The van der Waals surface area contributed by atoms with Crippen molar-refractivity contribution in [3.63, 3.8) is 0 Å². The van der Waals surface area contributed by atoms with Crippen LogP contribution in [0.25, 0.3) is 0 Å². The van der Waals surface area contributed by atoms with Crippen LogP contribution < -0.4 is 21.5 Å². The van der Waals surface area contributed by atoms with Gasteiger partial charge in [0.15, 0.2) is 0 Å². The number of carboxylic acids is 1. The number of rotatable bonds is 15. The molecule has 0 saturated carbocycles. The van der Waals surface area contributed by atoms with E-state index >= 15 is 0 Å². The quantitative estimate of drug-likeness (QED) is 0.139. The van der Waals surface area contributed by atoms with Gasteiger partial charge in [0.25, 0.3) is 5.56 Å². The number of carboxylic acid groups (broad SMARTS) is 1. The number of anilines is 1. The lowest BCUT2D eigenvalue weighted by Gasteiger charge is -2.17. The smallest absolute Gasteiger partial charge is 0.372 e.